The number of morpholine rings is 1. The van der Waals surface area contributed by atoms with E-state index in [4.69, 9.17) is 15.2 Å². The number of aliphatic hydroxyl groups excluding tert-OH is 1. The number of fused-ring (bicyclic) bond motifs is 1. The highest BCUT2D eigenvalue weighted by molar-refractivity contribution is 5.73. The smallest absolute Gasteiger partial charge is 0.356 e. The maximum absolute atomic E-state index is 10.6. The molecule has 3 aromatic rings. The molecule has 29 heavy (non-hydrogen) atoms. The molecule has 0 saturated carbocycles. The van der Waals surface area contributed by atoms with Crippen LogP contribution in [0.15, 0.2) is 54.6 Å². The first kappa shape index (κ1) is 19.7. The second-order valence-corrected chi connectivity index (χ2v) is 7.34. The molecule has 1 aliphatic heterocycles. The molecule has 1 atom stereocenters. The van der Waals surface area contributed by atoms with E-state index in [1.165, 1.54) is 0 Å². The molecule has 0 radical (unpaired) electrons. The second-order valence-electron chi connectivity index (χ2n) is 7.34. The van der Waals surface area contributed by atoms with Gasteiger partial charge in [-0.05, 0) is 24.3 Å². The molecule has 0 unspecified atom stereocenters. The highest BCUT2D eigenvalue weighted by Gasteiger charge is 2.23. The Hall–Kier alpha value is -2.61. The summed E-state index contributed by atoms with van der Waals surface area (Å²) in [7, 11) is 0. The molecule has 2 heterocycles. The molecule has 1 aromatic heterocycles. The van der Waals surface area contributed by atoms with Gasteiger partial charge in [-0.3, -0.25) is 10.6 Å². The lowest BCUT2D eigenvalue weighted by Crippen LogP contribution is -2.44. The van der Waals surface area contributed by atoms with Gasteiger partial charge in [0.25, 0.3) is 0 Å². The summed E-state index contributed by atoms with van der Waals surface area (Å²) in [6, 6.07) is 17.7. The van der Waals surface area contributed by atoms with Crippen molar-refractivity contribution in [2.45, 2.75) is 19.2 Å². The predicted octanol–water partition coefficient (Wildman–Crippen LogP) is 1.28. The first-order valence-corrected chi connectivity index (χ1v) is 10.1. The molecule has 1 fully saturated rings. The maximum Gasteiger partial charge on any atom is 0.356 e. The summed E-state index contributed by atoms with van der Waals surface area (Å²) in [6.45, 7) is 5.80. The third-order valence-corrected chi connectivity index (χ3v) is 5.34. The van der Waals surface area contributed by atoms with E-state index >= 15 is 0 Å². The molecule has 1 aliphatic rings. The van der Waals surface area contributed by atoms with Crippen LogP contribution in [0.1, 0.15) is 0 Å². The van der Waals surface area contributed by atoms with Gasteiger partial charge in [-0.2, -0.15) is 0 Å². The monoisotopic (exact) mass is 397 g/mol. The highest BCUT2D eigenvalue weighted by Crippen LogP contribution is 2.17. The van der Waals surface area contributed by atoms with Gasteiger partial charge in [0.1, 0.15) is 36.0 Å². The highest BCUT2D eigenvalue weighted by atomic mass is 16.5. The molecule has 0 aliphatic carbocycles. The Kier molecular flexibility index (Phi) is 6.29. The number of imidazole rings is 1. The minimum absolute atomic E-state index is 0.212. The molecule has 2 aromatic carbocycles. The Balaban J connectivity index is 1.47. The van der Waals surface area contributed by atoms with E-state index in [1.807, 2.05) is 53.1 Å². The van der Waals surface area contributed by atoms with E-state index in [1.54, 1.807) is 0 Å². The maximum atomic E-state index is 10.6. The standard InChI is InChI=1S/C22H28N4O3/c23-22-25(11-10-24-12-14-28-15-13-24)20-8-4-5-9-21(20)26(22)16-18(27)17-29-19-6-2-1-3-7-19/h1-9,18,23,27H,10-17H2/p+1/t18-/m0/s1. The molecule has 0 spiro atoms. The van der Waals surface area contributed by atoms with Crippen molar-refractivity contribution < 1.29 is 19.1 Å². The minimum Gasteiger partial charge on any atom is -0.491 e. The van der Waals surface area contributed by atoms with E-state index in [2.05, 4.69) is 15.5 Å². The largest absolute Gasteiger partial charge is 0.491 e. The lowest BCUT2D eigenvalue weighted by atomic mass is 10.3. The van der Waals surface area contributed by atoms with Crippen molar-refractivity contribution in [3.05, 3.63) is 54.6 Å². The number of aliphatic hydroxyl groups is 1. The van der Waals surface area contributed by atoms with Gasteiger partial charge in [0.2, 0.25) is 0 Å². The number of benzene rings is 2. The molecule has 7 heteroatoms. The zero-order valence-electron chi connectivity index (χ0n) is 16.6. The summed E-state index contributed by atoms with van der Waals surface area (Å²) < 4.78 is 15.2. The van der Waals surface area contributed by atoms with Crippen LogP contribution in [0, 0.1) is 0 Å². The topological polar surface area (TPSA) is 76.8 Å². The number of aromatic nitrogens is 2. The first-order chi connectivity index (χ1) is 14.2. The lowest BCUT2D eigenvalue weighted by molar-refractivity contribution is -0.665. The van der Waals surface area contributed by atoms with Crippen molar-refractivity contribution in [2.24, 2.45) is 0 Å². The Morgan fingerprint density at radius 1 is 1.03 bits per heavy atom. The van der Waals surface area contributed by atoms with Crippen LogP contribution in [-0.4, -0.2) is 60.1 Å². The summed E-state index contributed by atoms with van der Waals surface area (Å²) in [6.07, 6.45) is -0.666. The number of nitrogen functional groups attached to an aromatic ring is 1. The first-order valence-electron chi connectivity index (χ1n) is 10.1. The predicted molar refractivity (Wildman–Crippen MR) is 112 cm³/mol. The number of para-hydroxylation sites is 3. The van der Waals surface area contributed by atoms with E-state index in [-0.39, 0.29) is 6.61 Å². The van der Waals surface area contributed by atoms with Crippen LogP contribution in [0.5, 0.6) is 5.75 Å². The van der Waals surface area contributed by atoms with Crippen molar-refractivity contribution in [1.82, 2.24) is 9.47 Å². The molecule has 154 valence electrons. The number of anilines is 1. The van der Waals surface area contributed by atoms with Crippen molar-refractivity contribution in [3.63, 3.8) is 0 Å². The zero-order valence-corrected chi connectivity index (χ0v) is 16.6. The van der Waals surface area contributed by atoms with E-state index in [0.717, 1.165) is 56.2 Å². The Morgan fingerprint density at radius 3 is 2.55 bits per heavy atom. The van der Waals surface area contributed by atoms with E-state index < -0.39 is 6.10 Å². The van der Waals surface area contributed by atoms with Gasteiger partial charge in [0.05, 0.1) is 19.8 Å². The van der Waals surface area contributed by atoms with Crippen LogP contribution in [0.25, 0.3) is 11.0 Å². The molecule has 3 N–H and O–H groups in total. The molecule has 1 saturated heterocycles. The second kappa shape index (κ2) is 9.26. The molecular weight excluding hydrogens is 368 g/mol. The van der Waals surface area contributed by atoms with Gasteiger partial charge in [0.15, 0.2) is 0 Å². The normalized spacial score (nSPS) is 16.2. The van der Waals surface area contributed by atoms with Crippen molar-refractivity contribution in [1.29, 1.82) is 0 Å². The van der Waals surface area contributed by atoms with Crippen LogP contribution >= 0.6 is 0 Å². The summed E-state index contributed by atoms with van der Waals surface area (Å²) in [5, 5.41) is 10.6. The van der Waals surface area contributed by atoms with Crippen molar-refractivity contribution >= 4 is 17.0 Å². The Labute approximate surface area is 170 Å². The number of ether oxygens (including phenoxy) is 2. The Bertz CT molecular complexity index is 922. The SMILES string of the molecule is Nc1n(CCN2CCOCC2)c2ccccc2[n+]1C[C@H](O)COc1ccccc1. The van der Waals surface area contributed by atoms with Gasteiger partial charge in [-0.25, -0.2) is 9.13 Å². The van der Waals surface area contributed by atoms with Crippen LogP contribution in [-0.2, 0) is 17.8 Å². The molecule has 4 rings (SSSR count). The lowest BCUT2D eigenvalue weighted by Gasteiger charge is -2.26. The molecular formula is C22H29N4O3+. The van der Waals surface area contributed by atoms with Gasteiger partial charge >= 0.3 is 5.95 Å². The fraction of sp³-hybridized carbons (Fsp3) is 0.409. The van der Waals surface area contributed by atoms with Gasteiger partial charge in [-0.1, -0.05) is 30.3 Å². The summed E-state index contributed by atoms with van der Waals surface area (Å²) in [5.74, 6) is 1.40. The average molecular weight is 397 g/mol. The van der Waals surface area contributed by atoms with Gasteiger partial charge < -0.3 is 14.6 Å². The number of nitrogens with zero attached hydrogens (tertiary/aromatic N) is 3. The molecule has 0 bridgehead atoms. The van der Waals surface area contributed by atoms with Crippen LogP contribution in [0.3, 0.4) is 0 Å². The minimum atomic E-state index is -0.666. The third-order valence-electron chi connectivity index (χ3n) is 5.34. The number of nitrogens with two attached hydrogens (primary N) is 1. The van der Waals surface area contributed by atoms with Gasteiger partial charge in [-0.15, -0.1) is 0 Å². The van der Waals surface area contributed by atoms with Crippen LogP contribution < -0.4 is 15.0 Å². The van der Waals surface area contributed by atoms with Crippen LogP contribution in [0.2, 0.25) is 0 Å². The zero-order chi connectivity index (χ0) is 20.1. The summed E-state index contributed by atoms with van der Waals surface area (Å²) in [5.41, 5.74) is 8.62. The van der Waals surface area contributed by atoms with Crippen LogP contribution in [0.4, 0.5) is 5.95 Å². The number of hydrogen-bond donors (Lipinski definition) is 2. The van der Waals surface area contributed by atoms with Crippen molar-refractivity contribution in [2.75, 3.05) is 45.2 Å². The number of hydrogen-bond acceptors (Lipinski definition) is 5. The summed E-state index contributed by atoms with van der Waals surface area (Å²) >= 11 is 0. The fourth-order valence-electron chi connectivity index (χ4n) is 3.78. The van der Waals surface area contributed by atoms with Crippen molar-refractivity contribution in [3.8, 4) is 5.75 Å². The quantitative estimate of drug-likeness (QED) is 0.560. The van der Waals surface area contributed by atoms with E-state index in [0.29, 0.717) is 12.5 Å². The Morgan fingerprint density at radius 2 is 1.76 bits per heavy atom. The number of rotatable bonds is 8. The van der Waals surface area contributed by atoms with E-state index in [9.17, 15) is 5.11 Å². The van der Waals surface area contributed by atoms with Gasteiger partial charge in [0, 0.05) is 19.6 Å². The summed E-state index contributed by atoms with van der Waals surface area (Å²) in [4.78, 5) is 2.39. The average Bonchev–Trinajstić information content (AvgIpc) is 3.03. The fourth-order valence-corrected chi connectivity index (χ4v) is 3.78. The molecule has 0 amide bonds. The molecule has 7 nitrogen and oxygen atoms in total. The third kappa shape index (κ3) is 4.70.